The average Bonchev–Trinajstić information content (AvgIpc) is 2.79. The first-order valence-electron chi connectivity index (χ1n) is 6.72. The van der Waals surface area contributed by atoms with E-state index in [1.54, 1.807) is 12.1 Å². The first-order valence-corrected chi connectivity index (χ1v) is 6.72. The maximum absolute atomic E-state index is 12.1. The lowest BCUT2D eigenvalue weighted by molar-refractivity contribution is -0.128. The van der Waals surface area contributed by atoms with Gasteiger partial charge in [-0.15, -0.1) is 0 Å². The number of methoxy groups -OCH3 is 1. The van der Waals surface area contributed by atoms with Crippen LogP contribution in [0.25, 0.3) is 0 Å². The molecule has 0 unspecified atom stereocenters. The van der Waals surface area contributed by atoms with Crippen molar-refractivity contribution in [2.75, 3.05) is 13.7 Å². The van der Waals surface area contributed by atoms with Crippen LogP contribution in [0.3, 0.4) is 0 Å². The number of amides is 1. The lowest BCUT2D eigenvalue weighted by Gasteiger charge is -2.24. The standard InChI is InChI=1S/C16H14N2O5/c1-9(19)12-13(18(8-7-17)15(21)14(12)20)10-3-5-11(6-4-10)16(22)23-2/h3-6,13,20H,8H2,1-2H3/t13-/m0/s1. The van der Waals surface area contributed by atoms with Gasteiger partial charge < -0.3 is 14.7 Å². The summed E-state index contributed by atoms with van der Waals surface area (Å²) in [5.41, 5.74) is 0.761. The molecule has 7 heteroatoms. The number of nitriles is 1. The molecule has 1 amide bonds. The van der Waals surface area contributed by atoms with Gasteiger partial charge in [0, 0.05) is 0 Å². The highest BCUT2D eigenvalue weighted by molar-refractivity contribution is 6.08. The van der Waals surface area contributed by atoms with E-state index in [4.69, 9.17) is 5.26 Å². The third kappa shape index (κ3) is 2.79. The van der Waals surface area contributed by atoms with Crippen LogP contribution in [0, 0.1) is 11.3 Å². The Hall–Kier alpha value is -3.14. The molecule has 0 bridgehead atoms. The van der Waals surface area contributed by atoms with Crippen molar-refractivity contribution in [1.82, 2.24) is 4.90 Å². The van der Waals surface area contributed by atoms with Crippen molar-refractivity contribution in [3.8, 4) is 6.07 Å². The molecule has 1 heterocycles. The molecule has 0 spiro atoms. The van der Waals surface area contributed by atoms with Crippen LogP contribution in [0.5, 0.6) is 0 Å². The third-order valence-electron chi connectivity index (χ3n) is 3.57. The largest absolute Gasteiger partial charge is 0.503 e. The number of hydrogen-bond acceptors (Lipinski definition) is 6. The third-order valence-corrected chi connectivity index (χ3v) is 3.57. The fourth-order valence-electron chi connectivity index (χ4n) is 2.52. The smallest absolute Gasteiger partial charge is 0.337 e. The molecule has 0 radical (unpaired) electrons. The molecule has 1 aliphatic rings. The van der Waals surface area contributed by atoms with Crippen molar-refractivity contribution in [3.05, 3.63) is 46.7 Å². The van der Waals surface area contributed by atoms with E-state index < -0.39 is 29.5 Å². The van der Waals surface area contributed by atoms with Crippen molar-refractivity contribution in [2.24, 2.45) is 0 Å². The number of aliphatic hydroxyl groups is 1. The quantitative estimate of drug-likeness (QED) is 0.662. The molecular weight excluding hydrogens is 300 g/mol. The Morgan fingerprint density at radius 1 is 1.35 bits per heavy atom. The number of esters is 1. The van der Waals surface area contributed by atoms with E-state index in [0.29, 0.717) is 11.1 Å². The minimum Gasteiger partial charge on any atom is -0.503 e. The first-order chi connectivity index (χ1) is 10.9. The minimum atomic E-state index is -0.855. The summed E-state index contributed by atoms with van der Waals surface area (Å²) >= 11 is 0. The van der Waals surface area contributed by atoms with Gasteiger partial charge in [0.25, 0.3) is 5.91 Å². The predicted molar refractivity (Wildman–Crippen MR) is 78.2 cm³/mol. The zero-order valence-electron chi connectivity index (χ0n) is 12.6. The van der Waals surface area contributed by atoms with E-state index in [1.165, 1.54) is 26.2 Å². The fourth-order valence-corrected chi connectivity index (χ4v) is 2.52. The van der Waals surface area contributed by atoms with Gasteiger partial charge in [-0.05, 0) is 24.6 Å². The summed E-state index contributed by atoms with van der Waals surface area (Å²) in [4.78, 5) is 36.4. The molecule has 118 valence electrons. The molecule has 0 aliphatic carbocycles. The second-order valence-electron chi connectivity index (χ2n) is 4.93. The van der Waals surface area contributed by atoms with Crippen LogP contribution in [0.1, 0.15) is 28.9 Å². The van der Waals surface area contributed by atoms with Crippen molar-refractivity contribution in [2.45, 2.75) is 13.0 Å². The molecule has 1 aromatic carbocycles. The Balaban J connectivity index is 2.48. The summed E-state index contributed by atoms with van der Waals surface area (Å²) in [5.74, 6) is -2.38. The summed E-state index contributed by atoms with van der Waals surface area (Å²) in [6.07, 6.45) is 0. The molecule has 1 N–H and O–H groups in total. The molecule has 0 fully saturated rings. The lowest BCUT2D eigenvalue weighted by atomic mass is 9.96. The molecular formula is C16H14N2O5. The maximum Gasteiger partial charge on any atom is 0.337 e. The second kappa shape index (κ2) is 6.32. The highest BCUT2D eigenvalue weighted by Gasteiger charge is 2.42. The molecule has 1 aliphatic heterocycles. The van der Waals surface area contributed by atoms with Crippen LogP contribution in [0.4, 0.5) is 0 Å². The van der Waals surface area contributed by atoms with Crippen molar-refractivity contribution >= 4 is 17.7 Å². The topological polar surface area (TPSA) is 108 Å². The minimum absolute atomic E-state index is 0.0592. The number of nitrogens with zero attached hydrogens (tertiary/aromatic N) is 2. The van der Waals surface area contributed by atoms with Crippen molar-refractivity contribution < 1.29 is 24.2 Å². The SMILES string of the molecule is COC(=O)c1ccc([C@H]2C(C(C)=O)=C(O)C(=O)N2CC#N)cc1. The molecule has 7 nitrogen and oxygen atoms in total. The number of aliphatic hydroxyl groups excluding tert-OH is 1. The van der Waals surface area contributed by atoms with Gasteiger partial charge in [-0.3, -0.25) is 9.59 Å². The Morgan fingerprint density at radius 2 is 1.96 bits per heavy atom. The zero-order valence-corrected chi connectivity index (χ0v) is 12.6. The van der Waals surface area contributed by atoms with Gasteiger partial charge >= 0.3 is 5.97 Å². The fraction of sp³-hybridized carbons (Fsp3) is 0.250. The Kier molecular flexibility index (Phi) is 4.46. The van der Waals surface area contributed by atoms with E-state index in [9.17, 15) is 19.5 Å². The maximum atomic E-state index is 12.1. The number of ether oxygens (including phenoxy) is 1. The van der Waals surface area contributed by atoms with Gasteiger partial charge in [-0.1, -0.05) is 12.1 Å². The molecule has 0 saturated carbocycles. The van der Waals surface area contributed by atoms with Gasteiger partial charge in [0.05, 0.1) is 30.4 Å². The van der Waals surface area contributed by atoms with Gasteiger partial charge in [-0.25, -0.2) is 4.79 Å². The molecule has 1 atom stereocenters. The van der Waals surface area contributed by atoms with Crippen LogP contribution in [-0.2, 0) is 14.3 Å². The highest BCUT2D eigenvalue weighted by Crippen LogP contribution is 2.37. The predicted octanol–water partition coefficient (Wildman–Crippen LogP) is 1.28. The summed E-state index contributed by atoms with van der Waals surface area (Å²) in [7, 11) is 1.26. The Bertz CT molecular complexity index is 743. The Morgan fingerprint density at radius 3 is 2.43 bits per heavy atom. The number of carbonyl (C=O) groups excluding carboxylic acids is 3. The average molecular weight is 314 g/mol. The van der Waals surface area contributed by atoms with Crippen LogP contribution < -0.4 is 0 Å². The summed E-state index contributed by atoms with van der Waals surface area (Å²) < 4.78 is 4.60. The van der Waals surface area contributed by atoms with Crippen LogP contribution >= 0.6 is 0 Å². The van der Waals surface area contributed by atoms with Crippen LogP contribution in [0.2, 0.25) is 0 Å². The van der Waals surface area contributed by atoms with Gasteiger partial charge in [0.2, 0.25) is 0 Å². The van der Waals surface area contributed by atoms with E-state index in [0.717, 1.165) is 4.90 Å². The molecule has 1 aromatic rings. The monoisotopic (exact) mass is 314 g/mol. The Labute approximate surface area is 132 Å². The molecule has 0 saturated heterocycles. The number of ketones is 1. The molecule has 23 heavy (non-hydrogen) atoms. The number of benzene rings is 1. The highest BCUT2D eigenvalue weighted by atomic mass is 16.5. The van der Waals surface area contributed by atoms with E-state index in [-0.39, 0.29) is 12.1 Å². The van der Waals surface area contributed by atoms with E-state index in [2.05, 4.69) is 4.74 Å². The second-order valence-corrected chi connectivity index (χ2v) is 4.93. The van der Waals surface area contributed by atoms with Crippen molar-refractivity contribution in [1.29, 1.82) is 5.26 Å². The number of carbonyl (C=O) groups is 3. The zero-order chi connectivity index (χ0) is 17.1. The summed E-state index contributed by atoms with van der Waals surface area (Å²) in [6, 6.07) is 7.07. The van der Waals surface area contributed by atoms with Gasteiger partial charge in [-0.2, -0.15) is 5.26 Å². The number of rotatable bonds is 4. The van der Waals surface area contributed by atoms with E-state index >= 15 is 0 Å². The van der Waals surface area contributed by atoms with Crippen LogP contribution in [0.15, 0.2) is 35.6 Å². The van der Waals surface area contributed by atoms with E-state index in [1.807, 2.05) is 6.07 Å². The lowest BCUT2D eigenvalue weighted by Crippen LogP contribution is -2.31. The van der Waals surface area contributed by atoms with Gasteiger partial charge in [0.15, 0.2) is 11.5 Å². The molecule has 2 rings (SSSR count). The van der Waals surface area contributed by atoms with Gasteiger partial charge in [0.1, 0.15) is 6.54 Å². The van der Waals surface area contributed by atoms with Crippen LogP contribution in [-0.4, -0.2) is 41.3 Å². The summed E-state index contributed by atoms with van der Waals surface area (Å²) in [6.45, 7) is 0.966. The number of hydrogen-bond donors (Lipinski definition) is 1. The first kappa shape index (κ1) is 16.2. The van der Waals surface area contributed by atoms with Crippen molar-refractivity contribution in [3.63, 3.8) is 0 Å². The summed E-state index contributed by atoms with van der Waals surface area (Å²) in [5, 5.41) is 18.8. The molecule has 0 aromatic heterocycles. The normalized spacial score (nSPS) is 17.2. The number of Topliss-reactive ketones (excluding diaryl/α,β-unsaturated/α-hetero) is 1.